The maximum Gasteiger partial charge on any atom is 0.415 e. The quantitative estimate of drug-likeness (QED) is 0.185. The predicted molar refractivity (Wildman–Crippen MR) is 199 cm³/mol. The first-order valence-electron chi connectivity index (χ1n) is 17.2. The Balaban J connectivity index is 1.49. The molecule has 1 aromatic heterocycles. The Morgan fingerprint density at radius 1 is 1.06 bits per heavy atom. The van der Waals surface area contributed by atoms with Gasteiger partial charge in [-0.3, -0.25) is 9.69 Å². The number of sulfonamides is 1. The number of aliphatic hydroxyl groups excluding tert-OH is 1. The Morgan fingerprint density at radius 2 is 1.77 bits per heavy atom. The van der Waals surface area contributed by atoms with Crippen LogP contribution in [0.4, 0.5) is 14.7 Å². The number of nitrogens with one attached hydrogen (secondary N) is 2. The van der Waals surface area contributed by atoms with Gasteiger partial charge in [0.05, 0.1) is 43.5 Å². The monoisotopic (exact) mass is 758 g/mol. The maximum absolute atomic E-state index is 14.0. The van der Waals surface area contributed by atoms with Crippen molar-refractivity contribution >= 4 is 44.5 Å². The molecule has 1 aliphatic rings. The average Bonchev–Trinajstić information content (AvgIpc) is 3.72. The Labute approximate surface area is 310 Å². The molecule has 0 saturated carbocycles. The van der Waals surface area contributed by atoms with E-state index in [1.54, 1.807) is 29.5 Å². The number of carbonyl (C=O) groups excluding carboxylic acids is 3. The normalized spacial score (nSPS) is 15.2. The molecule has 16 heteroatoms. The van der Waals surface area contributed by atoms with E-state index in [2.05, 4.69) is 15.0 Å². The second-order valence-corrected chi connectivity index (χ2v) is 16.1. The number of aromatic nitrogens is 1. The van der Waals surface area contributed by atoms with Gasteiger partial charge in [0, 0.05) is 32.1 Å². The van der Waals surface area contributed by atoms with E-state index in [0.29, 0.717) is 41.6 Å². The molecule has 4 rings (SSSR count). The van der Waals surface area contributed by atoms with E-state index >= 15 is 0 Å². The summed E-state index contributed by atoms with van der Waals surface area (Å²) in [6.45, 7) is 8.15. The molecular formula is C36H50N6O8S2. The zero-order chi connectivity index (χ0) is 38.2. The molecule has 4 amide bonds. The molecule has 284 valence electrons. The summed E-state index contributed by atoms with van der Waals surface area (Å²) < 4.78 is 39.7. The van der Waals surface area contributed by atoms with Crippen LogP contribution in [-0.4, -0.2) is 105 Å². The molecule has 52 heavy (non-hydrogen) atoms. The number of aliphatic hydroxyl groups is 1. The summed E-state index contributed by atoms with van der Waals surface area (Å²) in [4.78, 5) is 48.6. The Morgan fingerprint density at radius 3 is 2.40 bits per heavy atom. The Hall–Kier alpha value is -4.25. The van der Waals surface area contributed by atoms with Gasteiger partial charge in [0.25, 0.3) is 0 Å². The highest BCUT2D eigenvalue weighted by atomic mass is 32.2. The van der Waals surface area contributed by atoms with Gasteiger partial charge in [-0.25, -0.2) is 27.7 Å². The first-order chi connectivity index (χ1) is 24.6. The number of hydrogen-bond donors (Lipinski definition) is 3. The molecule has 1 aliphatic heterocycles. The fourth-order valence-electron chi connectivity index (χ4n) is 6.12. The number of carbonyl (C=O) groups is 3. The van der Waals surface area contributed by atoms with Crippen molar-refractivity contribution in [3.63, 3.8) is 0 Å². The Bertz CT molecular complexity index is 1790. The van der Waals surface area contributed by atoms with Crippen molar-refractivity contribution in [3.05, 3.63) is 70.7 Å². The van der Waals surface area contributed by atoms with Crippen LogP contribution < -0.4 is 19.7 Å². The SMILES string of the molecule is COC(=O)N(C)c1nc(CN2CCN([C@H](C(=O)N[C@@H](Cc3ccccc3)[C@H](O)CNS(=O)(=O)c3ccc(OC)cc3CC(C)C)C(C)C)C2=O)cs1. The number of hydrogen-bond acceptors (Lipinski definition) is 10. The minimum Gasteiger partial charge on any atom is -0.497 e. The molecule has 1 saturated heterocycles. The standard InChI is InChI=1S/C36H50N6O8S2/c1-23(2)17-26-19-28(49-6)13-14-31(26)52(47,48)37-20-30(43)29(18-25-11-9-8-10-12-25)39-33(44)32(24(3)4)42-16-15-41(35(42)45)21-27-22-51-34(38-27)40(5)36(46)50-7/h8-14,19,22-24,29-30,32,37,43H,15-18,20-21H2,1-7H3,(H,39,44)/t29-,30+,32-/m0/s1. The highest BCUT2D eigenvalue weighted by Gasteiger charge is 2.40. The summed E-state index contributed by atoms with van der Waals surface area (Å²) in [5.41, 5.74) is 2.02. The summed E-state index contributed by atoms with van der Waals surface area (Å²) in [7, 11) is 0.298. The van der Waals surface area contributed by atoms with E-state index in [-0.39, 0.29) is 42.3 Å². The number of urea groups is 1. The van der Waals surface area contributed by atoms with Gasteiger partial charge in [0.2, 0.25) is 15.9 Å². The fourth-order valence-corrected chi connectivity index (χ4v) is 8.17. The van der Waals surface area contributed by atoms with Gasteiger partial charge in [-0.15, -0.1) is 11.3 Å². The van der Waals surface area contributed by atoms with Crippen molar-refractivity contribution in [2.75, 3.05) is 45.8 Å². The second-order valence-electron chi connectivity index (χ2n) is 13.5. The molecule has 0 spiro atoms. The van der Waals surface area contributed by atoms with E-state index in [9.17, 15) is 27.9 Å². The number of amides is 4. The van der Waals surface area contributed by atoms with Crippen molar-refractivity contribution in [1.82, 2.24) is 24.8 Å². The average molecular weight is 759 g/mol. The third kappa shape index (κ3) is 10.2. The van der Waals surface area contributed by atoms with E-state index in [0.717, 1.165) is 5.56 Å². The molecule has 2 aromatic carbocycles. The van der Waals surface area contributed by atoms with Gasteiger partial charge in [0.1, 0.15) is 11.8 Å². The van der Waals surface area contributed by atoms with Gasteiger partial charge >= 0.3 is 12.1 Å². The third-order valence-corrected chi connectivity index (χ3v) is 11.2. The summed E-state index contributed by atoms with van der Waals surface area (Å²) in [6.07, 6.45) is -1.15. The summed E-state index contributed by atoms with van der Waals surface area (Å²) in [5.74, 6) is -0.0230. The number of methoxy groups -OCH3 is 2. The number of benzene rings is 2. The summed E-state index contributed by atoms with van der Waals surface area (Å²) in [5, 5.41) is 16.6. The number of ether oxygens (including phenoxy) is 2. The number of nitrogens with zero attached hydrogens (tertiary/aromatic N) is 4. The first-order valence-corrected chi connectivity index (χ1v) is 19.5. The highest BCUT2D eigenvalue weighted by molar-refractivity contribution is 7.89. The second kappa shape index (κ2) is 18.0. The van der Waals surface area contributed by atoms with Gasteiger partial charge in [-0.2, -0.15) is 0 Å². The van der Waals surface area contributed by atoms with Crippen LogP contribution in [0.15, 0.2) is 58.8 Å². The molecule has 3 atom stereocenters. The summed E-state index contributed by atoms with van der Waals surface area (Å²) >= 11 is 1.25. The number of rotatable bonds is 17. The lowest BCUT2D eigenvalue weighted by molar-refractivity contribution is -0.128. The lowest BCUT2D eigenvalue weighted by Crippen LogP contribution is -2.57. The van der Waals surface area contributed by atoms with Crippen LogP contribution in [0.1, 0.15) is 44.5 Å². The summed E-state index contributed by atoms with van der Waals surface area (Å²) in [6, 6.07) is 11.9. The molecule has 0 aliphatic carbocycles. The van der Waals surface area contributed by atoms with Crippen molar-refractivity contribution < 1.29 is 37.4 Å². The molecule has 3 N–H and O–H groups in total. The van der Waals surface area contributed by atoms with Gasteiger partial charge in [-0.05, 0) is 54.0 Å². The largest absolute Gasteiger partial charge is 0.497 e. The Kier molecular flexibility index (Phi) is 14.0. The zero-order valence-corrected chi connectivity index (χ0v) is 32.4. The predicted octanol–water partition coefficient (Wildman–Crippen LogP) is 3.88. The van der Waals surface area contributed by atoms with Crippen molar-refractivity contribution in [2.45, 2.75) is 70.2 Å². The number of anilines is 1. The van der Waals surface area contributed by atoms with Gasteiger partial charge < -0.3 is 29.7 Å². The van der Waals surface area contributed by atoms with Crippen LogP contribution in [0.25, 0.3) is 0 Å². The van der Waals surface area contributed by atoms with Crippen LogP contribution >= 0.6 is 11.3 Å². The maximum atomic E-state index is 14.0. The molecule has 0 bridgehead atoms. The van der Waals surface area contributed by atoms with Crippen molar-refractivity contribution in [3.8, 4) is 5.75 Å². The molecule has 3 aromatic rings. The molecule has 14 nitrogen and oxygen atoms in total. The lowest BCUT2D eigenvalue weighted by Gasteiger charge is -2.33. The van der Waals surface area contributed by atoms with E-state index < -0.39 is 40.2 Å². The lowest BCUT2D eigenvalue weighted by atomic mass is 9.98. The smallest absolute Gasteiger partial charge is 0.415 e. The topological polar surface area (TPSA) is 171 Å². The van der Waals surface area contributed by atoms with Crippen molar-refractivity contribution in [2.24, 2.45) is 11.8 Å². The minimum atomic E-state index is -4.05. The molecule has 0 radical (unpaired) electrons. The van der Waals surface area contributed by atoms with E-state index in [1.807, 2.05) is 58.0 Å². The van der Waals surface area contributed by atoms with Crippen LogP contribution in [0.2, 0.25) is 0 Å². The first kappa shape index (κ1) is 40.5. The third-order valence-electron chi connectivity index (χ3n) is 8.75. The fraction of sp³-hybridized carbons (Fsp3) is 0.500. The van der Waals surface area contributed by atoms with Gasteiger partial charge in [-0.1, -0.05) is 58.0 Å². The van der Waals surface area contributed by atoms with Crippen LogP contribution in [-0.2, 0) is 38.9 Å². The minimum absolute atomic E-state index is 0.0965. The highest BCUT2D eigenvalue weighted by Crippen LogP contribution is 2.26. The van der Waals surface area contributed by atoms with Crippen LogP contribution in [0.3, 0.4) is 0 Å². The number of thiazole rings is 1. The molecule has 0 unspecified atom stereocenters. The molecule has 1 fully saturated rings. The van der Waals surface area contributed by atoms with Crippen LogP contribution in [0, 0.1) is 11.8 Å². The van der Waals surface area contributed by atoms with Gasteiger partial charge in [0.15, 0.2) is 5.13 Å². The van der Waals surface area contributed by atoms with Crippen molar-refractivity contribution in [1.29, 1.82) is 0 Å². The molecular weight excluding hydrogens is 709 g/mol. The zero-order valence-electron chi connectivity index (χ0n) is 30.7. The van der Waals surface area contributed by atoms with Crippen LogP contribution in [0.5, 0.6) is 5.75 Å². The van der Waals surface area contributed by atoms with E-state index in [4.69, 9.17) is 9.47 Å². The van der Waals surface area contributed by atoms with E-state index in [1.165, 1.54) is 41.4 Å². The molecule has 2 heterocycles.